The van der Waals surface area contributed by atoms with E-state index in [2.05, 4.69) is 12.1 Å². The molecular formula is C19H15NO. The zero-order valence-electron chi connectivity index (χ0n) is 11.6. The lowest BCUT2D eigenvalue weighted by Crippen LogP contribution is -2.03. The molecule has 0 bridgehead atoms. The van der Waals surface area contributed by atoms with Crippen molar-refractivity contribution < 1.29 is 4.79 Å². The Hall–Kier alpha value is -2.61. The molecule has 0 aromatic heterocycles. The van der Waals surface area contributed by atoms with Crippen LogP contribution in [-0.4, -0.2) is 5.78 Å². The molecule has 102 valence electrons. The number of carbonyl (C=O) groups excluding carboxylic acids is 1. The number of benzene rings is 3. The summed E-state index contributed by atoms with van der Waals surface area (Å²) in [5.41, 5.74) is 10.5. The van der Waals surface area contributed by atoms with Crippen molar-refractivity contribution in [1.29, 1.82) is 0 Å². The lowest BCUT2D eigenvalue weighted by atomic mass is 9.94. The quantitative estimate of drug-likeness (QED) is 0.571. The van der Waals surface area contributed by atoms with Crippen LogP contribution >= 0.6 is 0 Å². The van der Waals surface area contributed by atoms with Crippen molar-refractivity contribution in [2.24, 2.45) is 0 Å². The molecule has 3 aromatic rings. The van der Waals surface area contributed by atoms with Gasteiger partial charge in [0.05, 0.1) is 0 Å². The number of ketones is 1. The minimum atomic E-state index is 0.0397. The van der Waals surface area contributed by atoms with Crippen LogP contribution in [0.15, 0.2) is 54.6 Å². The van der Waals surface area contributed by atoms with Gasteiger partial charge in [0.25, 0.3) is 0 Å². The second-order valence-corrected chi connectivity index (χ2v) is 5.57. The summed E-state index contributed by atoms with van der Waals surface area (Å²) in [7, 11) is 0. The van der Waals surface area contributed by atoms with Crippen LogP contribution in [0, 0.1) is 0 Å². The van der Waals surface area contributed by atoms with Gasteiger partial charge in [-0.2, -0.15) is 0 Å². The van der Waals surface area contributed by atoms with Gasteiger partial charge in [-0.1, -0.05) is 42.5 Å². The Morgan fingerprint density at radius 1 is 0.905 bits per heavy atom. The number of nitrogen functional groups attached to an aromatic ring is 1. The second kappa shape index (κ2) is 4.45. The average molecular weight is 273 g/mol. The second-order valence-electron chi connectivity index (χ2n) is 5.57. The summed E-state index contributed by atoms with van der Waals surface area (Å²) in [4.78, 5) is 12.8. The molecule has 0 saturated carbocycles. The Morgan fingerprint density at radius 2 is 1.67 bits per heavy atom. The minimum Gasteiger partial charge on any atom is -0.399 e. The summed E-state index contributed by atoms with van der Waals surface area (Å²) >= 11 is 0. The first-order valence-electron chi connectivity index (χ1n) is 7.18. The van der Waals surface area contributed by atoms with Gasteiger partial charge in [-0.15, -0.1) is 0 Å². The van der Waals surface area contributed by atoms with E-state index in [-0.39, 0.29) is 5.78 Å². The zero-order chi connectivity index (χ0) is 14.4. The fourth-order valence-electron chi connectivity index (χ4n) is 3.28. The van der Waals surface area contributed by atoms with Gasteiger partial charge in [-0.25, -0.2) is 0 Å². The standard InChI is InChI=1S/C19H15NO/c20-15-5-1-4-14(11-15)19(21)17-10-9-13-8-7-12-3-2-6-16(17)18(12)13/h1-6,9-11H,7-8,20H2. The molecule has 2 nitrogen and oxygen atoms in total. The van der Waals surface area contributed by atoms with Gasteiger partial charge in [0.2, 0.25) is 0 Å². The maximum Gasteiger partial charge on any atom is 0.193 e. The third-order valence-electron chi connectivity index (χ3n) is 4.27. The topological polar surface area (TPSA) is 43.1 Å². The van der Waals surface area contributed by atoms with Gasteiger partial charge >= 0.3 is 0 Å². The zero-order valence-corrected chi connectivity index (χ0v) is 11.6. The van der Waals surface area contributed by atoms with E-state index in [1.165, 1.54) is 16.5 Å². The molecule has 0 spiro atoms. The Kier molecular flexibility index (Phi) is 2.58. The highest BCUT2D eigenvalue weighted by Crippen LogP contribution is 2.33. The van der Waals surface area contributed by atoms with Crippen molar-refractivity contribution in [3.05, 3.63) is 76.9 Å². The first-order valence-corrected chi connectivity index (χ1v) is 7.18. The molecular weight excluding hydrogens is 258 g/mol. The van der Waals surface area contributed by atoms with Crippen molar-refractivity contribution in [1.82, 2.24) is 0 Å². The molecule has 4 rings (SSSR count). The third-order valence-corrected chi connectivity index (χ3v) is 4.27. The molecule has 2 N–H and O–H groups in total. The van der Waals surface area contributed by atoms with Gasteiger partial charge in [0.15, 0.2) is 5.78 Å². The normalized spacial score (nSPS) is 12.8. The molecule has 3 aromatic carbocycles. The minimum absolute atomic E-state index is 0.0397. The van der Waals surface area contributed by atoms with Crippen LogP contribution in [-0.2, 0) is 12.8 Å². The molecule has 1 aliphatic carbocycles. The SMILES string of the molecule is Nc1cccc(C(=O)c2ccc3c4c(cccc24)CC3)c1. The Balaban J connectivity index is 1.94. The summed E-state index contributed by atoms with van der Waals surface area (Å²) in [5, 5.41) is 2.34. The summed E-state index contributed by atoms with van der Waals surface area (Å²) in [6.07, 6.45) is 2.14. The van der Waals surface area contributed by atoms with Crippen molar-refractivity contribution in [3.63, 3.8) is 0 Å². The van der Waals surface area contributed by atoms with Crippen LogP contribution in [0.4, 0.5) is 5.69 Å². The average Bonchev–Trinajstić information content (AvgIpc) is 2.92. The predicted octanol–water partition coefficient (Wildman–Crippen LogP) is 3.75. The number of carbonyl (C=O) groups is 1. The first kappa shape index (κ1) is 12.2. The highest BCUT2D eigenvalue weighted by atomic mass is 16.1. The number of aryl methyl sites for hydroxylation is 2. The van der Waals surface area contributed by atoms with E-state index < -0.39 is 0 Å². The number of hydrogen-bond acceptors (Lipinski definition) is 2. The van der Waals surface area contributed by atoms with Crippen molar-refractivity contribution in [2.75, 3.05) is 5.73 Å². The van der Waals surface area contributed by atoms with E-state index in [1.807, 2.05) is 30.3 Å². The Labute approximate surface area is 123 Å². The molecule has 0 saturated heterocycles. The molecule has 0 unspecified atom stereocenters. The van der Waals surface area contributed by atoms with Crippen molar-refractivity contribution in [2.45, 2.75) is 12.8 Å². The summed E-state index contributed by atoms with van der Waals surface area (Å²) in [5.74, 6) is 0.0397. The van der Waals surface area contributed by atoms with E-state index in [0.29, 0.717) is 11.3 Å². The number of anilines is 1. The van der Waals surface area contributed by atoms with Crippen molar-refractivity contribution in [3.8, 4) is 0 Å². The first-order chi connectivity index (χ1) is 10.2. The van der Waals surface area contributed by atoms with Crippen LogP contribution in [0.1, 0.15) is 27.0 Å². The highest BCUT2D eigenvalue weighted by molar-refractivity contribution is 6.17. The molecule has 0 fully saturated rings. The van der Waals surface area contributed by atoms with Crippen LogP contribution in [0.5, 0.6) is 0 Å². The third kappa shape index (κ3) is 1.83. The van der Waals surface area contributed by atoms with Crippen LogP contribution in [0.3, 0.4) is 0 Å². The highest BCUT2D eigenvalue weighted by Gasteiger charge is 2.19. The number of rotatable bonds is 2. The van der Waals surface area contributed by atoms with E-state index in [9.17, 15) is 4.79 Å². The van der Waals surface area contributed by atoms with Gasteiger partial charge in [-0.05, 0) is 46.9 Å². The van der Waals surface area contributed by atoms with E-state index in [4.69, 9.17) is 5.73 Å². The molecule has 0 radical (unpaired) electrons. The van der Waals surface area contributed by atoms with Crippen LogP contribution < -0.4 is 5.73 Å². The van der Waals surface area contributed by atoms with Crippen LogP contribution in [0.25, 0.3) is 10.8 Å². The Bertz CT molecular complexity index is 870. The number of hydrogen-bond donors (Lipinski definition) is 1. The van der Waals surface area contributed by atoms with E-state index in [1.54, 1.807) is 12.1 Å². The molecule has 0 atom stereocenters. The van der Waals surface area contributed by atoms with Crippen molar-refractivity contribution >= 4 is 22.2 Å². The van der Waals surface area contributed by atoms with Gasteiger partial charge in [-0.3, -0.25) is 4.79 Å². The molecule has 2 heteroatoms. The maximum absolute atomic E-state index is 12.8. The summed E-state index contributed by atoms with van der Waals surface area (Å²) in [6, 6.07) is 17.5. The van der Waals surface area contributed by atoms with Gasteiger partial charge in [0, 0.05) is 16.8 Å². The Morgan fingerprint density at radius 3 is 2.48 bits per heavy atom. The molecule has 1 aliphatic rings. The molecule has 0 aliphatic heterocycles. The van der Waals surface area contributed by atoms with E-state index >= 15 is 0 Å². The monoisotopic (exact) mass is 273 g/mol. The van der Waals surface area contributed by atoms with Gasteiger partial charge in [0.1, 0.15) is 0 Å². The number of nitrogens with two attached hydrogens (primary N) is 1. The fourth-order valence-corrected chi connectivity index (χ4v) is 3.28. The smallest absolute Gasteiger partial charge is 0.193 e. The molecule has 0 heterocycles. The largest absolute Gasteiger partial charge is 0.399 e. The summed E-state index contributed by atoms with van der Waals surface area (Å²) < 4.78 is 0. The maximum atomic E-state index is 12.8. The lowest BCUT2D eigenvalue weighted by Gasteiger charge is -2.08. The van der Waals surface area contributed by atoms with E-state index in [0.717, 1.165) is 23.8 Å². The molecule has 21 heavy (non-hydrogen) atoms. The predicted molar refractivity (Wildman–Crippen MR) is 85.6 cm³/mol. The summed E-state index contributed by atoms with van der Waals surface area (Å²) in [6.45, 7) is 0. The fraction of sp³-hybridized carbons (Fsp3) is 0.105. The van der Waals surface area contributed by atoms with Gasteiger partial charge < -0.3 is 5.73 Å². The van der Waals surface area contributed by atoms with Crippen LogP contribution in [0.2, 0.25) is 0 Å². The lowest BCUT2D eigenvalue weighted by molar-refractivity contribution is 0.104. The molecule has 0 amide bonds.